The van der Waals surface area contributed by atoms with Crippen molar-refractivity contribution in [3.8, 4) is 0 Å². The molecule has 1 aromatic rings. The van der Waals surface area contributed by atoms with Crippen LogP contribution in [0.15, 0.2) is 42.5 Å². The van der Waals surface area contributed by atoms with Crippen molar-refractivity contribution in [2.24, 2.45) is 0 Å². The lowest BCUT2D eigenvalue weighted by molar-refractivity contribution is -0.142. The van der Waals surface area contributed by atoms with Crippen molar-refractivity contribution in [1.29, 1.82) is 0 Å². The van der Waals surface area contributed by atoms with Crippen molar-refractivity contribution >= 4 is 5.97 Å². The summed E-state index contributed by atoms with van der Waals surface area (Å²) in [5.41, 5.74) is 1.03. The molecule has 0 aliphatic carbocycles. The molecule has 1 aliphatic heterocycles. The molecule has 1 aromatic carbocycles. The third-order valence-electron chi connectivity index (χ3n) is 2.34. The molecule has 2 unspecified atom stereocenters. The van der Waals surface area contributed by atoms with Gasteiger partial charge in [0.1, 0.15) is 6.10 Å². The Kier molecular flexibility index (Phi) is 2.83. The van der Waals surface area contributed by atoms with Gasteiger partial charge in [-0.25, -0.2) is 4.79 Å². The quantitative estimate of drug-likeness (QED) is 0.749. The van der Waals surface area contributed by atoms with Crippen LogP contribution in [0.3, 0.4) is 0 Å². The molecule has 3 heteroatoms. The Labute approximate surface area is 88.0 Å². The molecule has 1 heterocycles. The first-order valence-electron chi connectivity index (χ1n) is 4.86. The Morgan fingerprint density at radius 1 is 1.33 bits per heavy atom. The molecule has 0 saturated heterocycles. The second-order valence-corrected chi connectivity index (χ2v) is 3.52. The highest BCUT2D eigenvalue weighted by atomic mass is 16.6. The Bertz CT molecular complexity index is 370. The van der Waals surface area contributed by atoms with Gasteiger partial charge in [0.05, 0.1) is 6.10 Å². The van der Waals surface area contributed by atoms with Gasteiger partial charge in [-0.3, -0.25) is 0 Å². The van der Waals surface area contributed by atoms with Crippen LogP contribution in [0.25, 0.3) is 0 Å². The number of esters is 1. The maximum absolute atomic E-state index is 10.8. The number of hydrogen-bond acceptors (Lipinski definition) is 3. The van der Waals surface area contributed by atoms with Gasteiger partial charge in [-0.1, -0.05) is 30.3 Å². The zero-order chi connectivity index (χ0) is 10.7. The predicted molar refractivity (Wildman–Crippen MR) is 55.2 cm³/mol. The van der Waals surface area contributed by atoms with Gasteiger partial charge in [-0.15, -0.1) is 0 Å². The third-order valence-corrected chi connectivity index (χ3v) is 2.34. The molecular formula is C12H12O3. The van der Waals surface area contributed by atoms with Gasteiger partial charge in [-0.05, 0) is 11.6 Å². The second-order valence-electron chi connectivity index (χ2n) is 3.52. The van der Waals surface area contributed by atoms with E-state index in [-0.39, 0.29) is 5.97 Å². The largest absolute Gasteiger partial charge is 0.452 e. The topological polar surface area (TPSA) is 46.5 Å². The van der Waals surface area contributed by atoms with Crippen molar-refractivity contribution in [3.05, 3.63) is 48.0 Å². The van der Waals surface area contributed by atoms with Crippen LogP contribution in [-0.2, 0) is 16.0 Å². The Morgan fingerprint density at radius 3 is 2.67 bits per heavy atom. The molecule has 2 atom stereocenters. The molecule has 0 aromatic heterocycles. The van der Waals surface area contributed by atoms with Gasteiger partial charge >= 0.3 is 5.97 Å². The monoisotopic (exact) mass is 204 g/mol. The first kappa shape index (κ1) is 9.93. The minimum Gasteiger partial charge on any atom is -0.452 e. The molecule has 78 valence electrons. The lowest BCUT2D eigenvalue weighted by Crippen LogP contribution is -2.27. The van der Waals surface area contributed by atoms with Gasteiger partial charge in [0.2, 0.25) is 0 Å². The molecule has 15 heavy (non-hydrogen) atoms. The minimum absolute atomic E-state index is 0.382. The van der Waals surface area contributed by atoms with E-state index >= 15 is 0 Å². The lowest BCUT2D eigenvalue weighted by Gasteiger charge is -2.15. The molecule has 0 amide bonds. The zero-order valence-electron chi connectivity index (χ0n) is 8.17. The van der Waals surface area contributed by atoms with Crippen LogP contribution in [0, 0.1) is 0 Å². The van der Waals surface area contributed by atoms with Crippen molar-refractivity contribution < 1.29 is 14.6 Å². The van der Waals surface area contributed by atoms with E-state index in [2.05, 4.69) is 0 Å². The van der Waals surface area contributed by atoms with E-state index in [9.17, 15) is 9.90 Å². The number of aliphatic hydroxyl groups excluding tert-OH is 1. The van der Waals surface area contributed by atoms with Crippen LogP contribution in [0.4, 0.5) is 0 Å². The van der Waals surface area contributed by atoms with Gasteiger partial charge < -0.3 is 9.84 Å². The normalized spacial score (nSPS) is 21.4. The number of ether oxygens (including phenoxy) is 1. The average molecular weight is 204 g/mol. The first-order valence-corrected chi connectivity index (χ1v) is 4.86. The molecule has 0 fully saturated rings. The maximum atomic E-state index is 10.8. The molecular weight excluding hydrogens is 192 g/mol. The van der Waals surface area contributed by atoms with E-state index in [1.54, 1.807) is 6.08 Å². The van der Waals surface area contributed by atoms with Crippen molar-refractivity contribution in [3.63, 3.8) is 0 Å². The fourth-order valence-electron chi connectivity index (χ4n) is 1.56. The van der Waals surface area contributed by atoms with Crippen molar-refractivity contribution in [1.82, 2.24) is 0 Å². The van der Waals surface area contributed by atoms with Crippen LogP contribution in [-0.4, -0.2) is 23.3 Å². The van der Waals surface area contributed by atoms with Crippen LogP contribution >= 0.6 is 0 Å². The number of cyclic esters (lactones) is 1. The molecule has 1 aliphatic rings. The summed E-state index contributed by atoms with van der Waals surface area (Å²) in [4.78, 5) is 10.8. The summed E-state index contributed by atoms with van der Waals surface area (Å²) < 4.78 is 4.90. The van der Waals surface area contributed by atoms with Crippen molar-refractivity contribution in [2.75, 3.05) is 0 Å². The first-order chi connectivity index (χ1) is 7.25. The third kappa shape index (κ3) is 2.44. The molecule has 0 spiro atoms. The Morgan fingerprint density at radius 2 is 2.07 bits per heavy atom. The minimum atomic E-state index is -0.671. The zero-order valence-corrected chi connectivity index (χ0v) is 8.17. The summed E-state index contributed by atoms with van der Waals surface area (Å²) in [5, 5.41) is 9.79. The van der Waals surface area contributed by atoms with Crippen LogP contribution in [0.1, 0.15) is 5.56 Å². The highest BCUT2D eigenvalue weighted by Crippen LogP contribution is 2.13. The SMILES string of the molecule is O=C1C=CC(C(O)Cc2ccccc2)O1. The van der Waals surface area contributed by atoms with E-state index in [4.69, 9.17) is 4.74 Å². The van der Waals surface area contributed by atoms with Crippen molar-refractivity contribution in [2.45, 2.75) is 18.6 Å². The van der Waals surface area contributed by atoms with Crippen LogP contribution in [0.5, 0.6) is 0 Å². The molecule has 3 nitrogen and oxygen atoms in total. The van der Waals surface area contributed by atoms with Gasteiger partial charge in [-0.2, -0.15) is 0 Å². The highest BCUT2D eigenvalue weighted by Gasteiger charge is 2.24. The number of carbonyl (C=O) groups is 1. The van der Waals surface area contributed by atoms with Gasteiger partial charge in [0, 0.05) is 12.5 Å². The van der Waals surface area contributed by atoms with Crippen LogP contribution in [0.2, 0.25) is 0 Å². The second kappa shape index (κ2) is 4.28. The smallest absolute Gasteiger partial charge is 0.331 e. The Hall–Kier alpha value is -1.61. The summed E-state index contributed by atoms with van der Waals surface area (Å²) in [6.07, 6.45) is 2.26. The van der Waals surface area contributed by atoms with E-state index in [1.165, 1.54) is 6.08 Å². The lowest BCUT2D eigenvalue weighted by atomic mass is 10.0. The Balaban J connectivity index is 1.96. The van der Waals surface area contributed by atoms with Crippen LogP contribution < -0.4 is 0 Å². The number of carbonyl (C=O) groups excluding carboxylic acids is 1. The number of benzene rings is 1. The van der Waals surface area contributed by atoms with E-state index in [0.29, 0.717) is 6.42 Å². The fourth-order valence-corrected chi connectivity index (χ4v) is 1.56. The fraction of sp³-hybridized carbons (Fsp3) is 0.250. The predicted octanol–water partition coefficient (Wildman–Crippen LogP) is 1.07. The molecule has 1 N–H and O–H groups in total. The summed E-state index contributed by atoms with van der Waals surface area (Å²) in [6.45, 7) is 0. The molecule has 0 saturated carbocycles. The summed E-state index contributed by atoms with van der Waals surface area (Å²) >= 11 is 0. The summed E-state index contributed by atoms with van der Waals surface area (Å²) in [6, 6.07) is 9.62. The van der Waals surface area contributed by atoms with Gasteiger partial charge in [0.15, 0.2) is 0 Å². The highest BCUT2D eigenvalue weighted by molar-refractivity contribution is 5.84. The summed E-state index contributed by atoms with van der Waals surface area (Å²) in [7, 11) is 0. The van der Waals surface area contributed by atoms with Gasteiger partial charge in [0.25, 0.3) is 0 Å². The maximum Gasteiger partial charge on any atom is 0.331 e. The summed E-state index contributed by atoms with van der Waals surface area (Å²) in [5.74, 6) is -0.382. The number of aliphatic hydroxyl groups is 1. The van der Waals surface area contributed by atoms with E-state index < -0.39 is 12.2 Å². The average Bonchev–Trinajstić information content (AvgIpc) is 2.66. The number of rotatable bonds is 3. The standard InChI is InChI=1S/C12H12O3/c13-10(11-6-7-12(14)15-11)8-9-4-2-1-3-5-9/h1-7,10-11,13H,8H2. The molecule has 0 radical (unpaired) electrons. The molecule has 0 bridgehead atoms. The number of hydrogen-bond donors (Lipinski definition) is 1. The van der Waals surface area contributed by atoms with E-state index in [1.807, 2.05) is 30.3 Å². The molecule has 2 rings (SSSR count). The van der Waals surface area contributed by atoms with E-state index in [0.717, 1.165) is 5.56 Å².